The van der Waals surface area contributed by atoms with E-state index in [4.69, 9.17) is 4.74 Å². The molecular formula is C25H40N4O3. The van der Waals surface area contributed by atoms with Crippen molar-refractivity contribution in [3.05, 3.63) is 29.8 Å². The number of para-hydroxylation sites is 1. The number of piperazine rings is 1. The number of methoxy groups -OCH3 is 1. The quantitative estimate of drug-likeness (QED) is 0.668. The fourth-order valence-corrected chi connectivity index (χ4v) is 4.89. The molecule has 0 bridgehead atoms. The Kier molecular flexibility index (Phi) is 8.93. The van der Waals surface area contributed by atoms with Gasteiger partial charge >= 0.3 is 0 Å². The Labute approximate surface area is 193 Å². The fraction of sp³-hybridized carbons (Fsp3) is 0.680. The first-order valence-corrected chi connectivity index (χ1v) is 12.1. The van der Waals surface area contributed by atoms with Gasteiger partial charge < -0.3 is 15.0 Å². The van der Waals surface area contributed by atoms with E-state index in [0.29, 0.717) is 12.6 Å². The molecule has 1 heterocycles. The molecule has 2 amide bonds. The molecule has 1 aromatic carbocycles. The molecule has 0 aromatic heterocycles. The van der Waals surface area contributed by atoms with Crippen molar-refractivity contribution in [2.75, 3.05) is 46.9 Å². The Balaban J connectivity index is 1.44. The summed E-state index contributed by atoms with van der Waals surface area (Å²) in [5.74, 6) is 1.02. The number of rotatable bonds is 8. The Hall–Kier alpha value is -2.12. The lowest BCUT2D eigenvalue weighted by Gasteiger charge is -2.38. The van der Waals surface area contributed by atoms with Gasteiger partial charge in [-0.2, -0.15) is 0 Å². The molecule has 2 atom stereocenters. The van der Waals surface area contributed by atoms with Crippen LogP contribution in [-0.2, 0) is 9.59 Å². The van der Waals surface area contributed by atoms with Gasteiger partial charge in [0.25, 0.3) is 0 Å². The van der Waals surface area contributed by atoms with E-state index in [0.717, 1.165) is 50.3 Å². The number of amides is 2. The molecule has 1 saturated heterocycles. The molecule has 2 unspecified atom stereocenters. The summed E-state index contributed by atoms with van der Waals surface area (Å²) in [5.41, 5.74) is 0.973. The van der Waals surface area contributed by atoms with E-state index in [9.17, 15) is 9.59 Å². The third-order valence-electron chi connectivity index (χ3n) is 7.17. The van der Waals surface area contributed by atoms with Crippen molar-refractivity contribution in [3.8, 4) is 5.75 Å². The van der Waals surface area contributed by atoms with Gasteiger partial charge in [-0.1, -0.05) is 37.5 Å². The maximum absolute atomic E-state index is 12.9. The number of nitrogens with one attached hydrogen (secondary N) is 1. The van der Waals surface area contributed by atoms with Gasteiger partial charge in [0.2, 0.25) is 11.8 Å². The van der Waals surface area contributed by atoms with Gasteiger partial charge in [0.1, 0.15) is 5.75 Å². The van der Waals surface area contributed by atoms with Crippen molar-refractivity contribution in [3.63, 3.8) is 0 Å². The highest BCUT2D eigenvalue weighted by molar-refractivity contribution is 5.82. The standard InChI is InChI=1S/C25H40N4O3/c1-19(22-12-8-9-13-23(22)32-4)26-25(31)20(2)29-16-14-28(15-17-29)18-24(30)27(3)21-10-6-5-7-11-21/h8-9,12-13,19-21H,5-7,10-11,14-18H2,1-4H3,(H,26,31). The van der Waals surface area contributed by atoms with Gasteiger partial charge in [0.05, 0.1) is 25.7 Å². The fourth-order valence-electron chi connectivity index (χ4n) is 4.89. The molecule has 7 heteroatoms. The number of carbonyl (C=O) groups is 2. The van der Waals surface area contributed by atoms with E-state index in [-0.39, 0.29) is 23.9 Å². The van der Waals surface area contributed by atoms with Crippen LogP contribution in [0, 0.1) is 0 Å². The van der Waals surface area contributed by atoms with Gasteiger partial charge in [0, 0.05) is 44.8 Å². The monoisotopic (exact) mass is 444 g/mol. The first-order chi connectivity index (χ1) is 15.4. The summed E-state index contributed by atoms with van der Waals surface area (Å²) in [6, 6.07) is 7.84. The van der Waals surface area contributed by atoms with Crippen LogP contribution in [0.4, 0.5) is 0 Å². The van der Waals surface area contributed by atoms with Crippen molar-refractivity contribution in [1.29, 1.82) is 0 Å². The second kappa shape index (κ2) is 11.7. The summed E-state index contributed by atoms with van der Waals surface area (Å²) in [4.78, 5) is 32.0. The zero-order valence-electron chi connectivity index (χ0n) is 20.2. The summed E-state index contributed by atoms with van der Waals surface area (Å²) in [7, 11) is 3.61. The summed E-state index contributed by atoms with van der Waals surface area (Å²) in [6.07, 6.45) is 6.03. The molecule has 0 spiro atoms. The normalized spacial score (nSPS) is 20.4. The molecule has 3 rings (SSSR count). The van der Waals surface area contributed by atoms with E-state index in [1.165, 1.54) is 19.3 Å². The van der Waals surface area contributed by atoms with E-state index in [1.54, 1.807) is 7.11 Å². The molecule has 178 valence electrons. The molecule has 7 nitrogen and oxygen atoms in total. The van der Waals surface area contributed by atoms with Crippen LogP contribution in [0.15, 0.2) is 24.3 Å². The molecule has 1 saturated carbocycles. The molecule has 32 heavy (non-hydrogen) atoms. The van der Waals surface area contributed by atoms with Crippen LogP contribution in [0.2, 0.25) is 0 Å². The van der Waals surface area contributed by atoms with Gasteiger partial charge in [0.15, 0.2) is 0 Å². The van der Waals surface area contributed by atoms with Crippen LogP contribution in [0.3, 0.4) is 0 Å². The third-order valence-corrected chi connectivity index (χ3v) is 7.17. The minimum Gasteiger partial charge on any atom is -0.496 e. The number of benzene rings is 1. The zero-order valence-corrected chi connectivity index (χ0v) is 20.2. The predicted molar refractivity (Wildman–Crippen MR) is 127 cm³/mol. The molecule has 2 fully saturated rings. The molecule has 1 aliphatic carbocycles. The van der Waals surface area contributed by atoms with Crippen molar-refractivity contribution >= 4 is 11.8 Å². The number of likely N-dealkylation sites (N-methyl/N-ethyl adjacent to an activating group) is 1. The molecule has 2 aliphatic rings. The van der Waals surface area contributed by atoms with Gasteiger partial charge in [-0.3, -0.25) is 19.4 Å². The minimum atomic E-state index is -0.213. The second-order valence-electron chi connectivity index (χ2n) is 9.26. The van der Waals surface area contributed by atoms with Crippen molar-refractivity contribution in [1.82, 2.24) is 20.0 Å². The number of carbonyl (C=O) groups excluding carboxylic acids is 2. The lowest BCUT2D eigenvalue weighted by atomic mass is 9.94. The minimum absolute atomic E-state index is 0.0185. The Morgan fingerprint density at radius 3 is 2.41 bits per heavy atom. The average Bonchev–Trinajstić information content (AvgIpc) is 2.83. The van der Waals surface area contributed by atoms with Gasteiger partial charge in [-0.25, -0.2) is 0 Å². The summed E-state index contributed by atoms with van der Waals surface area (Å²) in [5, 5.41) is 3.13. The van der Waals surface area contributed by atoms with Crippen LogP contribution in [0.25, 0.3) is 0 Å². The highest BCUT2D eigenvalue weighted by Gasteiger charge is 2.29. The Bertz CT molecular complexity index is 757. The highest BCUT2D eigenvalue weighted by atomic mass is 16.5. The maximum atomic E-state index is 12.9. The van der Waals surface area contributed by atoms with Crippen LogP contribution in [0.1, 0.15) is 57.6 Å². The second-order valence-corrected chi connectivity index (χ2v) is 9.26. The average molecular weight is 445 g/mol. The van der Waals surface area contributed by atoms with Gasteiger partial charge in [-0.05, 0) is 32.8 Å². The number of hydrogen-bond donors (Lipinski definition) is 1. The molecule has 1 N–H and O–H groups in total. The maximum Gasteiger partial charge on any atom is 0.237 e. The molecule has 1 aromatic rings. The first-order valence-electron chi connectivity index (χ1n) is 12.1. The first kappa shape index (κ1) is 24.5. The van der Waals surface area contributed by atoms with Crippen molar-refractivity contribution < 1.29 is 14.3 Å². The van der Waals surface area contributed by atoms with Crippen LogP contribution < -0.4 is 10.1 Å². The smallest absolute Gasteiger partial charge is 0.237 e. The zero-order chi connectivity index (χ0) is 23.1. The van der Waals surface area contributed by atoms with E-state index < -0.39 is 0 Å². The topological polar surface area (TPSA) is 65.1 Å². The summed E-state index contributed by atoms with van der Waals surface area (Å²) in [6.45, 7) is 7.62. The summed E-state index contributed by atoms with van der Waals surface area (Å²) < 4.78 is 5.43. The van der Waals surface area contributed by atoms with Crippen molar-refractivity contribution in [2.45, 2.75) is 64.1 Å². The predicted octanol–water partition coefficient (Wildman–Crippen LogP) is 2.67. The summed E-state index contributed by atoms with van der Waals surface area (Å²) >= 11 is 0. The number of nitrogens with zero attached hydrogens (tertiary/aromatic N) is 3. The number of ether oxygens (including phenoxy) is 1. The van der Waals surface area contributed by atoms with Crippen LogP contribution in [0.5, 0.6) is 5.75 Å². The SMILES string of the molecule is COc1ccccc1C(C)NC(=O)C(C)N1CCN(CC(=O)N(C)C2CCCCC2)CC1. The molecular weight excluding hydrogens is 404 g/mol. The Morgan fingerprint density at radius 2 is 1.75 bits per heavy atom. The van der Waals surface area contributed by atoms with Gasteiger partial charge in [-0.15, -0.1) is 0 Å². The molecule has 1 aliphatic heterocycles. The van der Waals surface area contributed by atoms with Crippen LogP contribution >= 0.6 is 0 Å². The van der Waals surface area contributed by atoms with Crippen molar-refractivity contribution in [2.24, 2.45) is 0 Å². The van der Waals surface area contributed by atoms with Crippen LogP contribution in [-0.4, -0.2) is 85.5 Å². The van der Waals surface area contributed by atoms with E-state index in [1.807, 2.05) is 50.1 Å². The third kappa shape index (κ3) is 6.23. The highest BCUT2D eigenvalue weighted by Crippen LogP contribution is 2.25. The largest absolute Gasteiger partial charge is 0.496 e. The number of hydrogen-bond acceptors (Lipinski definition) is 5. The van der Waals surface area contributed by atoms with E-state index >= 15 is 0 Å². The van der Waals surface area contributed by atoms with E-state index in [2.05, 4.69) is 15.1 Å². The molecule has 0 radical (unpaired) electrons. The lowest BCUT2D eigenvalue weighted by molar-refractivity contribution is -0.135. The lowest BCUT2D eigenvalue weighted by Crippen LogP contribution is -2.55. The Morgan fingerprint density at radius 1 is 1.09 bits per heavy atom.